The van der Waals surface area contributed by atoms with Gasteiger partial charge in [-0.25, -0.2) is 9.59 Å². The van der Waals surface area contributed by atoms with Gasteiger partial charge in [0.25, 0.3) is 0 Å². The third kappa shape index (κ3) is 12.4. The minimum absolute atomic E-state index is 0.725. The molecule has 0 aliphatic carbocycles. The lowest BCUT2D eigenvalue weighted by Crippen LogP contribution is -2.20. The van der Waals surface area contributed by atoms with Crippen LogP contribution >= 0.6 is 0 Å². The van der Waals surface area contributed by atoms with Gasteiger partial charge in [0, 0.05) is 19.2 Å². The molecule has 0 aliphatic rings. The van der Waals surface area contributed by atoms with Crippen LogP contribution in [-0.2, 0) is 20.7 Å². The van der Waals surface area contributed by atoms with Gasteiger partial charge in [-0.2, -0.15) is 0 Å². The topological polar surface area (TPSA) is 114 Å². The van der Waals surface area contributed by atoms with E-state index in [2.05, 4.69) is 11.9 Å². The van der Waals surface area contributed by atoms with Crippen LogP contribution in [-0.4, -0.2) is 62.7 Å². The highest BCUT2D eigenvalue weighted by molar-refractivity contribution is 6.27. The lowest BCUT2D eigenvalue weighted by atomic mass is 10.1. The Bertz CT molecular complexity index is 563. The van der Waals surface area contributed by atoms with Crippen LogP contribution in [0.1, 0.15) is 18.4 Å². The first-order valence-corrected chi connectivity index (χ1v) is 8.52. The molecule has 0 heterocycles. The molecule has 152 valence electrons. The fourth-order valence-electron chi connectivity index (χ4n) is 1.97. The molecule has 0 atom stereocenters. The van der Waals surface area contributed by atoms with Crippen molar-refractivity contribution >= 4 is 11.9 Å². The van der Waals surface area contributed by atoms with Crippen molar-refractivity contribution in [1.82, 2.24) is 5.32 Å². The number of carboxylic acids is 2. The highest BCUT2D eigenvalue weighted by Crippen LogP contribution is 2.25. The molecule has 1 aromatic carbocycles. The molecule has 0 fully saturated rings. The van der Waals surface area contributed by atoms with Crippen molar-refractivity contribution in [1.29, 1.82) is 0 Å². The molecule has 0 aliphatic heterocycles. The van der Waals surface area contributed by atoms with Crippen LogP contribution < -0.4 is 14.8 Å². The lowest BCUT2D eigenvalue weighted by Gasteiger charge is -2.12. The summed E-state index contributed by atoms with van der Waals surface area (Å²) in [4.78, 5) is 18.2. The summed E-state index contributed by atoms with van der Waals surface area (Å²) in [6, 6.07) is 5.89. The number of carboxylic acid groups (broad SMARTS) is 2. The maximum atomic E-state index is 9.10. The number of aliphatic carboxylic acids is 2. The quantitative estimate of drug-likeness (QED) is 0.285. The zero-order valence-corrected chi connectivity index (χ0v) is 15.9. The fourth-order valence-corrected chi connectivity index (χ4v) is 1.97. The van der Waals surface area contributed by atoms with Crippen LogP contribution in [0.3, 0.4) is 0 Å². The van der Waals surface area contributed by atoms with Gasteiger partial charge in [-0.1, -0.05) is 6.08 Å². The highest BCUT2D eigenvalue weighted by atomic mass is 16.5. The summed E-state index contributed by atoms with van der Waals surface area (Å²) in [7, 11) is 3.38. The molecule has 3 N–H and O–H groups in total. The van der Waals surface area contributed by atoms with Crippen molar-refractivity contribution in [3.63, 3.8) is 0 Å². The van der Waals surface area contributed by atoms with Crippen LogP contribution in [0.25, 0.3) is 0 Å². The summed E-state index contributed by atoms with van der Waals surface area (Å²) in [5, 5.41) is 18.1. The number of carbonyl (C=O) groups is 2. The van der Waals surface area contributed by atoms with Crippen molar-refractivity contribution in [2.75, 3.05) is 40.5 Å². The van der Waals surface area contributed by atoms with E-state index in [-0.39, 0.29) is 0 Å². The van der Waals surface area contributed by atoms with Crippen LogP contribution in [0, 0.1) is 0 Å². The Morgan fingerprint density at radius 3 is 2.37 bits per heavy atom. The average Bonchev–Trinajstić information content (AvgIpc) is 2.65. The molecule has 0 saturated heterocycles. The standard InChI is InChI=1S/C17H27NO3.C2H2O4/c1-4-7-15-14-16(20-3)8-9-17(15)21-12-6-5-10-18-11-13-19-2;3-1(4)2(5)6/h4,8-9,14,18H,1,5-7,10-13H2,2-3H3;(H,3,4)(H,5,6). The van der Waals surface area contributed by atoms with Crippen LogP contribution in [0.4, 0.5) is 0 Å². The van der Waals surface area contributed by atoms with E-state index in [1.807, 2.05) is 24.3 Å². The van der Waals surface area contributed by atoms with Gasteiger partial charge < -0.3 is 29.7 Å². The van der Waals surface area contributed by atoms with E-state index in [0.29, 0.717) is 0 Å². The van der Waals surface area contributed by atoms with E-state index in [1.165, 1.54) is 0 Å². The zero-order chi connectivity index (χ0) is 20.5. The molecule has 27 heavy (non-hydrogen) atoms. The lowest BCUT2D eigenvalue weighted by molar-refractivity contribution is -0.159. The Balaban J connectivity index is 0.000000972. The molecule has 8 nitrogen and oxygen atoms in total. The number of unbranched alkanes of at least 4 members (excludes halogenated alkanes) is 1. The first-order chi connectivity index (χ1) is 13.0. The number of hydrogen-bond acceptors (Lipinski definition) is 6. The third-order valence-electron chi connectivity index (χ3n) is 3.30. The van der Waals surface area contributed by atoms with Gasteiger partial charge in [0.05, 0.1) is 20.3 Å². The number of methoxy groups -OCH3 is 2. The van der Waals surface area contributed by atoms with E-state index in [9.17, 15) is 0 Å². The number of benzene rings is 1. The van der Waals surface area contributed by atoms with E-state index in [1.54, 1.807) is 14.2 Å². The van der Waals surface area contributed by atoms with E-state index < -0.39 is 11.9 Å². The molecule has 0 unspecified atom stereocenters. The van der Waals surface area contributed by atoms with Gasteiger partial charge in [0.15, 0.2) is 0 Å². The Labute approximate surface area is 159 Å². The van der Waals surface area contributed by atoms with Gasteiger partial charge in [0.1, 0.15) is 11.5 Å². The van der Waals surface area contributed by atoms with E-state index >= 15 is 0 Å². The molecule has 0 bridgehead atoms. The summed E-state index contributed by atoms with van der Waals surface area (Å²) in [5.41, 5.74) is 1.11. The van der Waals surface area contributed by atoms with Crippen LogP contribution in [0.2, 0.25) is 0 Å². The number of hydrogen-bond donors (Lipinski definition) is 3. The monoisotopic (exact) mass is 383 g/mol. The van der Waals surface area contributed by atoms with Crippen LogP contribution in [0.5, 0.6) is 11.5 Å². The molecular formula is C19H29NO7. The van der Waals surface area contributed by atoms with Crippen molar-refractivity contribution in [3.05, 3.63) is 36.4 Å². The Hall–Kier alpha value is -2.58. The second-order valence-corrected chi connectivity index (χ2v) is 5.38. The molecule has 0 spiro atoms. The SMILES string of the molecule is C=CCc1cc(OC)ccc1OCCCCNCCOC.O=C(O)C(=O)O. The minimum atomic E-state index is -1.82. The number of allylic oxidation sites excluding steroid dienone is 1. The second kappa shape index (κ2) is 15.7. The average molecular weight is 383 g/mol. The predicted molar refractivity (Wildman–Crippen MR) is 102 cm³/mol. The maximum absolute atomic E-state index is 9.10. The largest absolute Gasteiger partial charge is 0.497 e. The predicted octanol–water partition coefficient (Wildman–Crippen LogP) is 1.97. The third-order valence-corrected chi connectivity index (χ3v) is 3.30. The molecular weight excluding hydrogens is 354 g/mol. The molecule has 1 aromatic rings. The summed E-state index contributed by atoms with van der Waals surface area (Å²) >= 11 is 0. The minimum Gasteiger partial charge on any atom is -0.497 e. The number of ether oxygens (including phenoxy) is 3. The van der Waals surface area contributed by atoms with Gasteiger partial charge in [0.2, 0.25) is 0 Å². The molecule has 8 heteroatoms. The number of rotatable bonds is 12. The normalized spacial score (nSPS) is 9.70. The fraction of sp³-hybridized carbons (Fsp3) is 0.474. The Morgan fingerprint density at radius 1 is 1.11 bits per heavy atom. The van der Waals surface area contributed by atoms with Gasteiger partial charge in [-0.05, 0) is 44.0 Å². The van der Waals surface area contributed by atoms with Gasteiger partial charge in [-0.15, -0.1) is 6.58 Å². The summed E-state index contributed by atoms with van der Waals surface area (Å²) < 4.78 is 16.1. The smallest absolute Gasteiger partial charge is 0.414 e. The van der Waals surface area contributed by atoms with Gasteiger partial charge >= 0.3 is 11.9 Å². The van der Waals surface area contributed by atoms with Crippen molar-refractivity contribution in [2.24, 2.45) is 0 Å². The molecule has 0 amide bonds. The molecule has 0 saturated carbocycles. The first kappa shape index (κ1) is 24.4. The molecule has 1 rings (SSSR count). The Morgan fingerprint density at radius 2 is 1.81 bits per heavy atom. The summed E-state index contributed by atoms with van der Waals surface area (Å²) in [6.07, 6.45) is 4.78. The summed E-state index contributed by atoms with van der Waals surface area (Å²) in [6.45, 7) is 7.16. The van der Waals surface area contributed by atoms with E-state index in [4.69, 9.17) is 34.0 Å². The Kier molecular flexibility index (Phi) is 14.2. The van der Waals surface area contributed by atoms with Gasteiger partial charge in [-0.3, -0.25) is 0 Å². The second-order valence-electron chi connectivity index (χ2n) is 5.38. The number of nitrogens with one attached hydrogen (secondary N) is 1. The molecule has 0 radical (unpaired) electrons. The van der Waals surface area contributed by atoms with Crippen molar-refractivity contribution in [3.8, 4) is 11.5 Å². The first-order valence-electron chi connectivity index (χ1n) is 8.52. The maximum Gasteiger partial charge on any atom is 0.414 e. The van der Waals surface area contributed by atoms with Crippen LogP contribution in [0.15, 0.2) is 30.9 Å². The van der Waals surface area contributed by atoms with Crippen molar-refractivity contribution in [2.45, 2.75) is 19.3 Å². The van der Waals surface area contributed by atoms with Crippen molar-refractivity contribution < 1.29 is 34.0 Å². The summed E-state index contributed by atoms with van der Waals surface area (Å²) in [5.74, 6) is -1.88. The molecule has 0 aromatic heterocycles. The zero-order valence-electron chi connectivity index (χ0n) is 15.9. The van der Waals surface area contributed by atoms with E-state index in [0.717, 1.165) is 62.6 Å². The highest BCUT2D eigenvalue weighted by Gasteiger charge is 2.05.